The molecule has 0 aliphatic carbocycles. The van der Waals surface area contributed by atoms with Crippen LogP contribution in [0.5, 0.6) is 0 Å². The predicted molar refractivity (Wildman–Crippen MR) is 145 cm³/mol. The van der Waals surface area contributed by atoms with Gasteiger partial charge in [0.05, 0.1) is 23.0 Å². The van der Waals surface area contributed by atoms with Gasteiger partial charge in [-0.3, -0.25) is 9.59 Å². The van der Waals surface area contributed by atoms with E-state index in [1.165, 1.54) is 18.4 Å². The molecular formula is C29H31N5O3. The highest BCUT2D eigenvalue weighted by Crippen LogP contribution is 2.27. The molecule has 0 saturated carbocycles. The Morgan fingerprint density at radius 1 is 0.946 bits per heavy atom. The van der Waals surface area contributed by atoms with Crippen LogP contribution in [0.25, 0.3) is 11.0 Å². The summed E-state index contributed by atoms with van der Waals surface area (Å²) in [5, 5.41) is 2.93. The van der Waals surface area contributed by atoms with Gasteiger partial charge in [-0.1, -0.05) is 48.5 Å². The lowest BCUT2D eigenvalue weighted by Gasteiger charge is -2.36. The van der Waals surface area contributed by atoms with E-state index in [0.29, 0.717) is 36.4 Å². The van der Waals surface area contributed by atoms with Gasteiger partial charge in [0.25, 0.3) is 5.91 Å². The summed E-state index contributed by atoms with van der Waals surface area (Å²) in [7, 11) is 1.48. The maximum Gasteiger partial charge on any atom is 0.254 e. The van der Waals surface area contributed by atoms with Gasteiger partial charge >= 0.3 is 0 Å². The van der Waals surface area contributed by atoms with E-state index < -0.39 is 0 Å². The number of fused-ring (bicyclic) bond motifs is 1. The molecule has 0 unspecified atom stereocenters. The molecule has 1 aliphatic heterocycles. The number of benzene rings is 3. The number of carbonyl (C=O) groups is 2. The quantitative estimate of drug-likeness (QED) is 0.400. The van der Waals surface area contributed by atoms with Crippen molar-refractivity contribution in [3.63, 3.8) is 0 Å². The van der Waals surface area contributed by atoms with Crippen molar-refractivity contribution in [3.8, 4) is 0 Å². The molecule has 2 heterocycles. The smallest absolute Gasteiger partial charge is 0.254 e. The topological polar surface area (TPSA) is 79.7 Å². The Morgan fingerprint density at radius 3 is 2.35 bits per heavy atom. The fraction of sp³-hybridized carbons (Fsp3) is 0.276. The third-order valence-corrected chi connectivity index (χ3v) is 6.68. The first-order valence-electron chi connectivity index (χ1n) is 12.5. The van der Waals surface area contributed by atoms with Gasteiger partial charge in [-0.15, -0.1) is 0 Å². The molecule has 1 N–H and O–H groups in total. The maximum atomic E-state index is 13.5. The Labute approximate surface area is 216 Å². The number of methoxy groups -OCH3 is 1. The minimum atomic E-state index is -0.277. The minimum absolute atomic E-state index is 0.0595. The lowest BCUT2D eigenvalue weighted by molar-refractivity contribution is -0.119. The number of ether oxygens (including phenoxy) is 1. The zero-order chi connectivity index (χ0) is 25.6. The van der Waals surface area contributed by atoms with Gasteiger partial charge in [-0.2, -0.15) is 0 Å². The van der Waals surface area contributed by atoms with Crippen LogP contribution in [-0.2, 0) is 22.5 Å². The van der Waals surface area contributed by atoms with Gasteiger partial charge < -0.3 is 24.4 Å². The third-order valence-electron chi connectivity index (χ3n) is 6.68. The number of rotatable bonds is 8. The maximum absolute atomic E-state index is 13.5. The van der Waals surface area contributed by atoms with E-state index in [0.717, 1.165) is 25.0 Å². The lowest BCUT2D eigenvalue weighted by Crippen LogP contribution is -2.48. The van der Waals surface area contributed by atoms with E-state index in [2.05, 4.69) is 39.5 Å². The van der Waals surface area contributed by atoms with Gasteiger partial charge in [0.2, 0.25) is 5.91 Å². The van der Waals surface area contributed by atoms with Crippen LogP contribution < -0.4 is 10.2 Å². The van der Waals surface area contributed by atoms with Crippen LogP contribution in [0.1, 0.15) is 15.9 Å². The van der Waals surface area contributed by atoms with Gasteiger partial charge in [-0.05, 0) is 36.2 Å². The molecule has 3 aromatic carbocycles. The highest BCUT2D eigenvalue weighted by Gasteiger charge is 2.24. The highest BCUT2D eigenvalue weighted by atomic mass is 16.5. The average Bonchev–Trinajstić information content (AvgIpc) is 3.36. The molecule has 0 radical (unpaired) electrons. The number of para-hydroxylation sites is 1. The number of aromatic nitrogens is 2. The van der Waals surface area contributed by atoms with Crippen LogP contribution in [0.15, 0.2) is 79.1 Å². The Balaban J connectivity index is 1.38. The van der Waals surface area contributed by atoms with Gasteiger partial charge in [0.1, 0.15) is 6.61 Å². The molecule has 4 aromatic rings. The monoisotopic (exact) mass is 497 g/mol. The molecule has 5 rings (SSSR count). The fourth-order valence-corrected chi connectivity index (χ4v) is 4.80. The van der Waals surface area contributed by atoms with Gasteiger partial charge in [0.15, 0.2) is 0 Å². The first-order valence-corrected chi connectivity index (χ1v) is 12.5. The van der Waals surface area contributed by atoms with E-state index in [1.54, 1.807) is 12.4 Å². The van der Waals surface area contributed by atoms with Crippen molar-refractivity contribution in [2.75, 3.05) is 50.1 Å². The molecule has 1 aromatic heterocycles. The second-order valence-corrected chi connectivity index (χ2v) is 9.16. The van der Waals surface area contributed by atoms with Crippen LogP contribution in [-0.4, -0.2) is 66.2 Å². The molecule has 1 aliphatic rings. The normalized spacial score (nSPS) is 13.6. The number of imidazole rings is 1. The number of nitrogens with zero attached hydrogens (tertiary/aromatic N) is 4. The Hall–Kier alpha value is -4.17. The molecule has 8 heteroatoms. The second-order valence-electron chi connectivity index (χ2n) is 9.16. The lowest BCUT2D eigenvalue weighted by atomic mass is 10.1. The van der Waals surface area contributed by atoms with Crippen molar-refractivity contribution >= 4 is 34.2 Å². The second kappa shape index (κ2) is 11.3. The van der Waals surface area contributed by atoms with Crippen molar-refractivity contribution in [3.05, 3.63) is 90.3 Å². The van der Waals surface area contributed by atoms with E-state index in [1.807, 2.05) is 51.9 Å². The van der Waals surface area contributed by atoms with E-state index in [4.69, 9.17) is 4.74 Å². The van der Waals surface area contributed by atoms with Crippen molar-refractivity contribution in [2.24, 2.45) is 0 Å². The van der Waals surface area contributed by atoms with E-state index in [9.17, 15) is 9.59 Å². The standard InChI is InChI=1S/C29H31N5O3/c1-37-20-27(35)31-26-19-23(29(36)33-16-14-32(15-17-33)24-10-6-3-7-11-24)18-25-28(26)34(21-30-25)13-12-22-8-4-2-5-9-22/h2-11,18-19,21H,12-17,20H2,1H3,(H,31,35). The number of hydrogen-bond acceptors (Lipinski definition) is 5. The largest absolute Gasteiger partial charge is 0.375 e. The van der Waals surface area contributed by atoms with Crippen LogP contribution in [0.3, 0.4) is 0 Å². The summed E-state index contributed by atoms with van der Waals surface area (Å²) in [6.07, 6.45) is 2.59. The van der Waals surface area contributed by atoms with Crippen molar-refractivity contribution in [2.45, 2.75) is 13.0 Å². The highest BCUT2D eigenvalue weighted by molar-refractivity contribution is 6.05. The molecule has 1 fully saturated rings. The Bertz CT molecular complexity index is 1360. The molecule has 0 bridgehead atoms. The zero-order valence-electron chi connectivity index (χ0n) is 21.0. The molecule has 8 nitrogen and oxygen atoms in total. The van der Waals surface area contributed by atoms with Gasteiger partial charge in [0, 0.05) is 51.1 Å². The summed E-state index contributed by atoms with van der Waals surface area (Å²) in [5.74, 6) is -0.337. The predicted octanol–water partition coefficient (Wildman–Crippen LogP) is 3.83. The summed E-state index contributed by atoms with van der Waals surface area (Å²) in [5.41, 5.74) is 4.94. The summed E-state index contributed by atoms with van der Waals surface area (Å²) in [4.78, 5) is 34.7. The number of amides is 2. The Morgan fingerprint density at radius 2 is 1.65 bits per heavy atom. The van der Waals surface area contributed by atoms with E-state index in [-0.39, 0.29) is 18.4 Å². The zero-order valence-corrected chi connectivity index (χ0v) is 21.0. The van der Waals surface area contributed by atoms with Crippen LogP contribution in [0.2, 0.25) is 0 Å². The van der Waals surface area contributed by atoms with Crippen molar-refractivity contribution in [1.82, 2.24) is 14.5 Å². The fourth-order valence-electron chi connectivity index (χ4n) is 4.80. The number of carbonyl (C=O) groups excluding carboxylic acids is 2. The molecule has 190 valence electrons. The SMILES string of the molecule is COCC(=O)Nc1cc(C(=O)N2CCN(c3ccccc3)CC2)cc2ncn(CCc3ccccc3)c12. The number of nitrogens with one attached hydrogen (secondary N) is 1. The van der Waals surface area contributed by atoms with Crippen LogP contribution >= 0.6 is 0 Å². The summed E-state index contributed by atoms with van der Waals surface area (Å²) < 4.78 is 7.04. The van der Waals surface area contributed by atoms with Crippen molar-refractivity contribution < 1.29 is 14.3 Å². The first-order chi connectivity index (χ1) is 18.1. The van der Waals surface area contributed by atoms with Crippen LogP contribution in [0, 0.1) is 0 Å². The summed E-state index contributed by atoms with van der Waals surface area (Å²) >= 11 is 0. The molecule has 37 heavy (non-hydrogen) atoms. The molecule has 1 saturated heterocycles. The van der Waals surface area contributed by atoms with E-state index >= 15 is 0 Å². The third kappa shape index (κ3) is 5.65. The number of anilines is 2. The van der Waals surface area contributed by atoms with Crippen molar-refractivity contribution in [1.29, 1.82) is 0 Å². The average molecular weight is 498 g/mol. The Kier molecular flexibility index (Phi) is 7.46. The minimum Gasteiger partial charge on any atom is -0.375 e. The first kappa shape index (κ1) is 24.5. The number of aryl methyl sites for hydroxylation is 2. The number of piperazine rings is 1. The molecule has 0 atom stereocenters. The summed E-state index contributed by atoms with van der Waals surface area (Å²) in [6.45, 7) is 3.42. The van der Waals surface area contributed by atoms with Gasteiger partial charge in [-0.25, -0.2) is 4.98 Å². The molecule has 0 spiro atoms. The van der Waals surface area contributed by atoms with Crippen LogP contribution in [0.4, 0.5) is 11.4 Å². The molecular weight excluding hydrogens is 466 g/mol. The number of hydrogen-bond donors (Lipinski definition) is 1. The summed E-state index contributed by atoms with van der Waals surface area (Å²) in [6, 6.07) is 24.1. The molecule has 2 amide bonds.